The Labute approximate surface area is 119 Å². The molecule has 0 bridgehead atoms. The highest BCUT2D eigenvalue weighted by atomic mass is 35.5. The van der Waals surface area contributed by atoms with Crippen LogP contribution in [-0.2, 0) is 4.74 Å². The lowest BCUT2D eigenvalue weighted by Gasteiger charge is -2.36. The molecule has 0 radical (unpaired) electrons. The molecule has 19 heavy (non-hydrogen) atoms. The van der Waals surface area contributed by atoms with Crippen LogP contribution in [0.5, 0.6) is 0 Å². The van der Waals surface area contributed by atoms with Gasteiger partial charge in [0.25, 0.3) is 0 Å². The van der Waals surface area contributed by atoms with Crippen molar-refractivity contribution in [2.45, 2.75) is 31.2 Å². The number of hydrogen-bond acceptors (Lipinski definition) is 3. The zero-order valence-electron chi connectivity index (χ0n) is 11.1. The van der Waals surface area contributed by atoms with Gasteiger partial charge in [-0.3, -0.25) is 0 Å². The lowest BCUT2D eigenvalue weighted by Crippen LogP contribution is -2.40. The summed E-state index contributed by atoms with van der Waals surface area (Å²) in [6.45, 7) is 2.24. The predicted octanol–water partition coefficient (Wildman–Crippen LogP) is 2.57. The minimum atomic E-state index is 0.107. The van der Waals surface area contributed by atoms with Crippen LogP contribution in [0.4, 0.5) is 0 Å². The molecular formula is C15H22ClNO2. The van der Waals surface area contributed by atoms with E-state index in [0.29, 0.717) is 25.2 Å². The maximum absolute atomic E-state index is 8.57. The molecule has 106 valence electrons. The first-order valence-electron chi connectivity index (χ1n) is 6.97. The van der Waals surface area contributed by atoms with E-state index in [1.54, 1.807) is 0 Å². The smallest absolute Gasteiger partial charge is 0.0697 e. The van der Waals surface area contributed by atoms with Crippen LogP contribution < -0.4 is 5.32 Å². The highest BCUT2D eigenvalue weighted by molar-refractivity contribution is 6.31. The molecule has 0 aromatic heterocycles. The number of rotatable bonds is 8. The van der Waals surface area contributed by atoms with Gasteiger partial charge in [-0.15, -0.1) is 0 Å². The third-order valence-electron chi connectivity index (χ3n) is 3.62. The van der Waals surface area contributed by atoms with Gasteiger partial charge in [0.1, 0.15) is 0 Å². The summed E-state index contributed by atoms with van der Waals surface area (Å²) in [5.41, 5.74) is 1.29. The van der Waals surface area contributed by atoms with Crippen molar-refractivity contribution in [3.05, 3.63) is 34.9 Å². The van der Waals surface area contributed by atoms with Crippen molar-refractivity contribution in [3.63, 3.8) is 0 Å². The average molecular weight is 284 g/mol. The molecule has 2 rings (SSSR count). The Hall–Kier alpha value is -0.610. The molecule has 1 saturated carbocycles. The van der Waals surface area contributed by atoms with Crippen LogP contribution in [0.25, 0.3) is 0 Å². The zero-order valence-corrected chi connectivity index (χ0v) is 11.9. The molecular weight excluding hydrogens is 262 g/mol. The first kappa shape index (κ1) is 14.8. The van der Waals surface area contributed by atoms with E-state index in [1.807, 2.05) is 12.1 Å². The molecule has 3 nitrogen and oxygen atoms in total. The summed E-state index contributed by atoms with van der Waals surface area (Å²) in [6, 6.07) is 8.74. The van der Waals surface area contributed by atoms with Crippen LogP contribution in [0.3, 0.4) is 0 Å². The fraction of sp³-hybridized carbons (Fsp3) is 0.600. The molecule has 0 unspecified atom stereocenters. The van der Waals surface area contributed by atoms with E-state index in [1.165, 1.54) is 18.4 Å². The Morgan fingerprint density at radius 3 is 2.79 bits per heavy atom. The van der Waals surface area contributed by atoms with E-state index in [9.17, 15) is 0 Å². The molecule has 0 amide bonds. The molecule has 1 aromatic carbocycles. The number of halogens is 1. The molecule has 4 heteroatoms. The van der Waals surface area contributed by atoms with Crippen LogP contribution in [0, 0.1) is 0 Å². The number of aliphatic hydroxyl groups excluding tert-OH is 1. The van der Waals surface area contributed by atoms with Crippen molar-refractivity contribution in [3.8, 4) is 0 Å². The number of benzene rings is 1. The fourth-order valence-electron chi connectivity index (χ4n) is 2.49. The topological polar surface area (TPSA) is 41.5 Å². The Morgan fingerprint density at radius 1 is 1.26 bits per heavy atom. The number of aliphatic hydroxyl groups is 1. The summed E-state index contributed by atoms with van der Waals surface area (Å²) in [4.78, 5) is 0. The zero-order chi connectivity index (χ0) is 13.5. The molecule has 1 aliphatic carbocycles. The van der Waals surface area contributed by atoms with Crippen LogP contribution >= 0.6 is 11.6 Å². The first-order chi connectivity index (χ1) is 9.31. The van der Waals surface area contributed by atoms with Crippen LogP contribution in [0.2, 0.25) is 5.02 Å². The van der Waals surface area contributed by atoms with Gasteiger partial charge in [0.05, 0.1) is 13.2 Å². The van der Waals surface area contributed by atoms with Gasteiger partial charge >= 0.3 is 0 Å². The van der Waals surface area contributed by atoms with E-state index >= 15 is 0 Å². The minimum absolute atomic E-state index is 0.107. The molecule has 1 aliphatic rings. The second-order valence-electron chi connectivity index (χ2n) is 5.03. The Kier molecular flexibility index (Phi) is 6.11. The van der Waals surface area contributed by atoms with Gasteiger partial charge in [-0.1, -0.05) is 29.8 Å². The van der Waals surface area contributed by atoms with Crippen LogP contribution in [0.1, 0.15) is 30.7 Å². The van der Waals surface area contributed by atoms with Gasteiger partial charge in [-0.2, -0.15) is 0 Å². The maximum Gasteiger partial charge on any atom is 0.0697 e. The quantitative estimate of drug-likeness (QED) is 0.721. The van der Waals surface area contributed by atoms with Crippen molar-refractivity contribution in [1.82, 2.24) is 5.32 Å². The molecule has 0 heterocycles. The first-order valence-corrected chi connectivity index (χ1v) is 7.35. The Balaban J connectivity index is 1.58. The minimum Gasteiger partial charge on any atom is -0.394 e. The Morgan fingerprint density at radius 2 is 2.05 bits per heavy atom. The van der Waals surface area contributed by atoms with Gasteiger partial charge in [0.2, 0.25) is 0 Å². The van der Waals surface area contributed by atoms with E-state index < -0.39 is 0 Å². The number of nitrogens with one attached hydrogen (secondary N) is 1. The third-order valence-corrected chi connectivity index (χ3v) is 3.96. The van der Waals surface area contributed by atoms with Gasteiger partial charge in [0.15, 0.2) is 0 Å². The molecule has 1 fully saturated rings. The number of hydrogen-bond donors (Lipinski definition) is 2. The largest absolute Gasteiger partial charge is 0.394 e. The van der Waals surface area contributed by atoms with E-state index in [2.05, 4.69) is 17.4 Å². The van der Waals surface area contributed by atoms with Crippen LogP contribution in [-0.4, -0.2) is 37.5 Å². The summed E-state index contributed by atoms with van der Waals surface area (Å²) in [6.07, 6.45) is 3.33. The van der Waals surface area contributed by atoms with Crippen molar-refractivity contribution < 1.29 is 9.84 Å². The summed E-state index contributed by atoms with van der Waals surface area (Å²) in [7, 11) is 0. The number of ether oxygens (including phenoxy) is 1. The summed E-state index contributed by atoms with van der Waals surface area (Å²) < 4.78 is 5.21. The van der Waals surface area contributed by atoms with E-state index in [0.717, 1.165) is 18.0 Å². The van der Waals surface area contributed by atoms with E-state index in [-0.39, 0.29) is 6.61 Å². The normalized spacial score (nSPS) is 22.2. The highest BCUT2D eigenvalue weighted by Gasteiger charge is 2.30. The summed E-state index contributed by atoms with van der Waals surface area (Å²) in [5.74, 6) is 0.608. The highest BCUT2D eigenvalue weighted by Crippen LogP contribution is 2.39. The standard InChI is InChI=1S/C15H22ClNO2/c16-15-5-2-1-4-14(15)12-10-13(11-12)17-6-3-8-19-9-7-18/h1-2,4-5,12-13,17-18H,3,6-11H2. The van der Waals surface area contributed by atoms with Crippen LogP contribution in [0.15, 0.2) is 24.3 Å². The maximum atomic E-state index is 8.57. The fourth-order valence-corrected chi connectivity index (χ4v) is 2.78. The average Bonchev–Trinajstić information content (AvgIpc) is 2.37. The van der Waals surface area contributed by atoms with Crippen molar-refractivity contribution in [2.75, 3.05) is 26.4 Å². The molecule has 0 saturated heterocycles. The van der Waals surface area contributed by atoms with Gasteiger partial charge < -0.3 is 15.2 Å². The lowest BCUT2D eigenvalue weighted by molar-refractivity contribution is 0.0897. The van der Waals surface area contributed by atoms with Gasteiger partial charge in [-0.25, -0.2) is 0 Å². The lowest BCUT2D eigenvalue weighted by atomic mass is 9.76. The molecule has 0 spiro atoms. The summed E-state index contributed by atoms with van der Waals surface area (Å²) in [5, 5.41) is 13.0. The third kappa shape index (κ3) is 4.46. The SMILES string of the molecule is OCCOCCCNC1CC(c2ccccc2Cl)C1. The van der Waals surface area contributed by atoms with Crippen molar-refractivity contribution in [2.24, 2.45) is 0 Å². The van der Waals surface area contributed by atoms with Gasteiger partial charge in [0, 0.05) is 17.7 Å². The monoisotopic (exact) mass is 283 g/mol. The second-order valence-corrected chi connectivity index (χ2v) is 5.44. The van der Waals surface area contributed by atoms with Crippen molar-refractivity contribution >= 4 is 11.6 Å². The van der Waals surface area contributed by atoms with Gasteiger partial charge in [-0.05, 0) is 43.4 Å². The predicted molar refractivity (Wildman–Crippen MR) is 77.7 cm³/mol. The second kappa shape index (κ2) is 7.85. The van der Waals surface area contributed by atoms with Crippen molar-refractivity contribution in [1.29, 1.82) is 0 Å². The molecule has 0 atom stereocenters. The molecule has 0 aliphatic heterocycles. The molecule has 2 N–H and O–H groups in total. The molecule has 1 aromatic rings. The Bertz CT molecular complexity index is 380. The summed E-state index contributed by atoms with van der Waals surface area (Å²) >= 11 is 6.20. The van der Waals surface area contributed by atoms with E-state index in [4.69, 9.17) is 21.4 Å².